The normalized spacial score (nSPS) is 10.5. The average Bonchev–Trinajstić information content (AvgIpc) is 2.00. The topological polar surface area (TPSA) is 3.24 Å². The highest BCUT2D eigenvalue weighted by atomic mass is 15.0. The van der Waals surface area contributed by atoms with Crippen molar-refractivity contribution in [3.63, 3.8) is 0 Å². The van der Waals surface area contributed by atoms with E-state index < -0.39 is 0 Å². The smallest absolute Gasteiger partial charge is 0.222 e. The molecule has 0 aromatic carbocycles. The molecule has 0 amide bonds. The van der Waals surface area contributed by atoms with Gasteiger partial charge < -0.3 is 4.81 Å². The van der Waals surface area contributed by atoms with Crippen LogP contribution in [0.3, 0.4) is 0 Å². The van der Waals surface area contributed by atoms with Gasteiger partial charge in [0, 0.05) is 0 Å². The highest BCUT2D eigenvalue weighted by Gasteiger charge is 2.14. The van der Waals surface area contributed by atoms with Crippen LogP contribution in [0.4, 0.5) is 0 Å². The van der Waals surface area contributed by atoms with E-state index in [9.17, 15) is 0 Å². The second-order valence-corrected chi connectivity index (χ2v) is 2.69. The van der Waals surface area contributed by atoms with Crippen LogP contribution in [0.15, 0.2) is 0 Å². The Balaban J connectivity index is 3.70. The average molecular weight is 141 g/mol. The van der Waals surface area contributed by atoms with Gasteiger partial charge in [-0.3, -0.25) is 0 Å². The van der Waals surface area contributed by atoms with Crippen LogP contribution >= 0.6 is 0 Å². The van der Waals surface area contributed by atoms with E-state index in [1.807, 2.05) is 0 Å². The molecule has 0 radical (unpaired) electrons. The zero-order valence-corrected chi connectivity index (χ0v) is 7.85. The maximum Gasteiger partial charge on any atom is 0.222 e. The van der Waals surface area contributed by atoms with Crippen LogP contribution < -0.4 is 0 Å². The summed E-state index contributed by atoms with van der Waals surface area (Å²) in [6.07, 6.45) is 2.58. The van der Waals surface area contributed by atoms with E-state index in [0.717, 1.165) is 6.85 Å². The Labute approximate surface area is 65.9 Å². The molecular weight excluding hydrogens is 121 g/mol. The molecule has 0 aliphatic heterocycles. The van der Waals surface area contributed by atoms with Crippen molar-refractivity contribution in [2.45, 2.75) is 40.3 Å². The first-order chi connectivity index (χ1) is 4.79. The summed E-state index contributed by atoms with van der Waals surface area (Å²) in [4.78, 5) is 2.53. The van der Waals surface area contributed by atoms with Crippen LogP contribution in [0.25, 0.3) is 0 Å². The van der Waals surface area contributed by atoms with Gasteiger partial charge in [-0.1, -0.05) is 40.3 Å². The Hall–Kier alpha value is 0.0249. The van der Waals surface area contributed by atoms with Crippen molar-refractivity contribution in [1.82, 2.24) is 4.81 Å². The monoisotopic (exact) mass is 141 g/mol. The summed E-state index contributed by atoms with van der Waals surface area (Å²) in [7, 11) is 0. The van der Waals surface area contributed by atoms with E-state index in [1.54, 1.807) is 0 Å². The molecule has 0 rings (SSSR count). The first kappa shape index (κ1) is 10.0. The molecule has 0 atom stereocenters. The maximum atomic E-state index is 2.53. The molecule has 0 fully saturated rings. The maximum absolute atomic E-state index is 2.53. The molecule has 0 N–H and O–H groups in total. The molecule has 0 spiro atoms. The fourth-order valence-electron chi connectivity index (χ4n) is 1.55. The zero-order chi connectivity index (χ0) is 7.98. The van der Waals surface area contributed by atoms with E-state index in [4.69, 9.17) is 0 Å². The molecule has 0 aliphatic carbocycles. The molecule has 0 aliphatic rings. The molecule has 0 heterocycles. The molecule has 1 nitrogen and oxygen atoms in total. The van der Waals surface area contributed by atoms with Crippen LogP contribution in [-0.2, 0) is 0 Å². The van der Waals surface area contributed by atoms with E-state index in [2.05, 4.69) is 32.5 Å². The summed E-state index contributed by atoms with van der Waals surface area (Å²) in [6, 6.07) is 0. The Kier molecular flexibility index (Phi) is 5.80. The van der Waals surface area contributed by atoms with Gasteiger partial charge in [-0.2, -0.15) is 0 Å². The van der Waals surface area contributed by atoms with E-state index in [1.165, 1.54) is 25.7 Å². The van der Waals surface area contributed by atoms with Gasteiger partial charge in [0.05, 0.1) is 0 Å². The van der Waals surface area contributed by atoms with Crippen LogP contribution in [-0.4, -0.2) is 24.7 Å². The third-order valence-electron chi connectivity index (χ3n) is 2.27. The highest BCUT2D eigenvalue weighted by molar-refractivity contribution is 6.55. The van der Waals surface area contributed by atoms with Crippen molar-refractivity contribution in [2.75, 3.05) is 13.1 Å². The van der Waals surface area contributed by atoms with Crippen molar-refractivity contribution in [3.8, 4) is 0 Å². The van der Waals surface area contributed by atoms with Gasteiger partial charge in [-0.05, 0) is 13.1 Å². The fourth-order valence-corrected chi connectivity index (χ4v) is 1.55. The summed E-state index contributed by atoms with van der Waals surface area (Å²) in [5.41, 5.74) is 0. The number of hydrogen-bond donors (Lipinski definition) is 0. The number of nitrogens with zero attached hydrogens (tertiary/aromatic N) is 1. The lowest BCUT2D eigenvalue weighted by atomic mass is 9.55. The van der Waals surface area contributed by atoms with Gasteiger partial charge in [0.15, 0.2) is 0 Å². The Morgan fingerprint density at radius 2 is 1.30 bits per heavy atom. The van der Waals surface area contributed by atoms with E-state index >= 15 is 0 Å². The van der Waals surface area contributed by atoms with E-state index in [0.29, 0.717) is 0 Å². The standard InChI is InChI=1S/C8H20BN/c1-5-9(6-2)10(7-3)8-4/h5-8H2,1-4H3. The summed E-state index contributed by atoms with van der Waals surface area (Å²) in [5, 5.41) is 0. The number of hydrogen-bond acceptors (Lipinski definition) is 1. The lowest BCUT2D eigenvalue weighted by Crippen LogP contribution is -2.37. The van der Waals surface area contributed by atoms with Crippen LogP contribution in [0.5, 0.6) is 0 Å². The minimum absolute atomic E-state index is 0.815. The highest BCUT2D eigenvalue weighted by Crippen LogP contribution is 2.03. The van der Waals surface area contributed by atoms with Gasteiger partial charge in [-0.15, -0.1) is 0 Å². The minimum Gasteiger partial charge on any atom is -0.342 e. The summed E-state index contributed by atoms with van der Waals surface area (Å²) >= 11 is 0. The quantitative estimate of drug-likeness (QED) is 0.531. The summed E-state index contributed by atoms with van der Waals surface area (Å²) in [6.45, 7) is 12.2. The van der Waals surface area contributed by atoms with Crippen LogP contribution in [0.2, 0.25) is 12.6 Å². The molecular formula is C8H20BN. The molecule has 0 aromatic heterocycles. The largest absolute Gasteiger partial charge is 0.342 e. The number of rotatable bonds is 5. The molecule has 60 valence electrons. The van der Waals surface area contributed by atoms with Crippen LogP contribution in [0.1, 0.15) is 27.7 Å². The van der Waals surface area contributed by atoms with Gasteiger partial charge in [0.2, 0.25) is 6.85 Å². The SMILES string of the molecule is CCB(CC)N(CC)CC. The first-order valence-corrected chi connectivity index (χ1v) is 4.54. The van der Waals surface area contributed by atoms with Gasteiger partial charge in [0.1, 0.15) is 0 Å². The lowest BCUT2D eigenvalue weighted by molar-refractivity contribution is 0.476. The van der Waals surface area contributed by atoms with Crippen molar-refractivity contribution < 1.29 is 0 Å². The predicted octanol–water partition coefficient (Wildman–Crippen LogP) is 2.36. The zero-order valence-electron chi connectivity index (χ0n) is 7.85. The van der Waals surface area contributed by atoms with Gasteiger partial charge in [0.25, 0.3) is 0 Å². The van der Waals surface area contributed by atoms with Gasteiger partial charge >= 0.3 is 0 Å². The van der Waals surface area contributed by atoms with Crippen molar-refractivity contribution in [2.24, 2.45) is 0 Å². The van der Waals surface area contributed by atoms with Crippen molar-refractivity contribution in [3.05, 3.63) is 0 Å². The van der Waals surface area contributed by atoms with Crippen molar-refractivity contribution >= 4 is 6.85 Å². The molecule has 0 unspecified atom stereocenters. The molecule has 0 saturated heterocycles. The van der Waals surface area contributed by atoms with Crippen LogP contribution in [0, 0.1) is 0 Å². The molecule has 2 heteroatoms. The molecule has 0 saturated carbocycles. The second-order valence-electron chi connectivity index (χ2n) is 2.69. The van der Waals surface area contributed by atoms with Gasteiger partial charge in [-0.25, -0.2) is 0 Å². The molecule has 0 bridgehead atoms. The first-order valence-electron chi connectivity index (χ1n) is 4.54. The van der Waals surface area contributed by atoms with Crippen molar-refractivity contribution in [1.29, 1.82) is 0 Å². The third kappa shape index (κ3) is 2.74. The minimum atomic E-state index is 0.815. The lowest BCUT2D eigenvalue weighted by Gasteiger charge is -2.24. The Morgan fingerprint density at radius 1 is 0.900 bits per heavy atom. The summed E-state index contributed by atoms with van der Waals surface area (Å²) < 4.78 is 0. The fraction of sp³-hybridized carbons (Fsp3) is 1.00. The summed E-state index contributed by atoms with van der Waals surface area (Å²) in [5.74, 6) is 0. The Bertz CT molecular complexity index is 57.7. The molecule has 10 heavy (non-hydrogen) atoms. The third-order valence-corrected chi connectivity index (χ3v) is 2.27. The Morgan fingerprint density at radius 3 is 1.40 bits per heavy atom. The second kappa shape index (κ2) is 5.78. The predicted molar refractivity (Wildman–Crippen MR) is 49.6 cm³/mol. The molecule has 0 aromatic rings. The van der Waals surface area contributed by atoms with E-state index in [-0.39, 0.29) is 0 Å².